The maximum Gasteiger partial charge on any atom is 0.332 e. The van der Waals surface area contributed by atoms with Crippen LogP contribution in [0.3, 0.4) is 0 Å². The van der Waals surface area contributed by atoms with Gasteiger partial charge in [-0.05, 0) is 0 Å². The van der Waals surface area contributed by atoms with E-state index in [4.69, 9.17) is 18.9 Å². The maximum atomic E-state index is 11.5. The highest BCUT2D eigenvalue weighted by molar-refractivity contribution is 5.71. The van der Waals surface area contributed by atoms with Gasteiger partial charge in [-0.3, -0.25) is 0 Å². The molecule has 1 aliphatic rings. The summed E-state index contributed by atoms with van der Waals surface area (Å²) in [4.78, 5) is 23.1. The topological polar surface area (TPSA) is 71.1 Å². The van der Waals surface area contributed by atoms with E-state index in [1.165, 1.54) is 0 Å². The van der Waals surface area contributed by atoms with Gasteiger partial charge in [-0.25, -0.2) is 9.59 Å². The van der Waals surface area contributed by atoms with Gasteiger partial charge in [0, 0.05) is 10.8 Å². The van der Waals surface area contributed by atoms with Crippen molar-refractivity contribution in [2.45, 2.75) is 27.7 Å². The molecule has 0 aromatic carbocycles. The molecule has 0 bridgehead atoms. The fraction of sp³-hybridized carbons (Fsp3) is 0.857. The molecule has 0 spiro atoms. The molecule has 1 saturated heterocycles. The van der Waals surface area contributed by atoms with Gasteiger partial charge in [0.2, 0.25) is 0 Å². The lowest BCUT2D eigenvalue weighted by atomic mass is 9.96. The molecule has 0 aromatic heterocycles. The zero-order valence-corrected chi connectivity index (χ0v) is 12.7. The molecule has 1 aliphatic heterocycles. The van der Waals surface area contributed by atoms with Gasteiger partial charge in [0.15, 0.2) is 0 Å². The number of cyclic esters (lactones) is 2. The van der Waals surface area contributed by atoms with Crippen LogP contribution in [0.25, 0.3) is 0 Å². The van der Waals surface area contributed by atoms with Gasteiger partial charge in [0.25, 0.3) is 0 Å². The first kappa shape index (κ1) is 16.9. The summed E-state index contributed by atoms with van der Waals surface area (Å²) in [7, 11) is 0. The van der Waals surface area contributed by atoms with Crippen LogP contribution in [-0.4, -0.2) is 51.6 Å². The standard InChI is InChI=1S/C14H24O6/c1-13(2)7-17-5-12(16)20-10-14(3,4)8-18-6-11(15)19-9-13/h5-10H2,1-4H3. The number of esters is 2. The third-order valence-corrected chi connectivity index (χ3v) is 2.67. The zero-order valence-electron chi connectivity index (χ0n) is 12.7. The molecule has 0 amide bonds. The molecular formula is C14H24O6. The van der Waals surface area contributed by atoms with E-state index in [1.807, 2.05) is 27.7 Å². The zero-order chi connectivity index (χ0) is 15.2. The van der Waals surface area contributed by atoms with E-state index in [-0.39, 0.29) is 37.3 Å². The average molecular weight is 288 g/mol. The number of hydrogen-bond donors (Lipinski definition) is 0. The van der Waals surface area contributed by atoms with Gasteiger partial charge in [-0.15, -0.1) is 0 Å². The second-order valence-electron chi connectivity index (χ2n) is 6.64. The first-order valence-corrected chi connectivity index (χ1v) is 6.67. The van der Waals surface area contributed by atoms with E-state index < -0.39 is 11.9 Å². The van der Waals surface area contributed by atoms with Crippen molar-refractivity contribution in [3.05, 3.63) is 0 Å². The molecular weight excluding hydrogens is 264 g/mol. The van der Waals surface area contributed by atoms with Crippen molar-refractivity contribution in [1.82, 2.24) is 0 Å². The maximum absolute atomic E-state index is 11.5. The summed E-state index contributed by atoms with van der Waals surface area (Å²) in [5.41, 5.74) is -0.724. The lowest BCUT2D eigenvalue weighted by Gasteiger charge is -2.26. The molecule has 20 heavy (non-hydrogen) atoms. The Kier molecular flexibility index (Phi) is 5.95. The van der Waals surface area contributed by atoms with Crippen LogP contribution in [0.4, 0.5) is 0 Å². The monoisotopic (exact) mass is 288 g/mol. The molecule has 1 fully saturated rings. The Balaban J connectivity index is 2.60. The predicted octanol–water partition coefficient (Wildman–Crippen LogP) is 1.17. The Hall–Kier alpha value is -1.14. The number of rotatable bonds is 0. The average Bonchev–Trinajstić information content (AvgIpc) is 2.33. The van der Waals surface area contributed by atoms with Gasteiger partial charge in [-0.1, -0.05) is 27.7 Å². The van der Waals surface area contributed by atoms with Gasteiger partial charge >= 0.3 is 11.9 Å². The molecule has 0 unspecified atom stereocenters. The molecule has 0 atom stereocenters. The van der Waals surface area contributed by atoms with Crippen LogP contribution in [0.15, 0.2) is 0 Å². The highest BCUT2D eigenvalue weighted by Gasteiger charge is 2.25. The second-order valence-corrected chi connectivity index (χ2v) is 6.64. The van der Waals surface area contributed by atoms with Gasteiger partial charge < -0.3 is 18.9 Å². The molecule has 1 heterocycles. The molecule has 0 aromatic rings. The van der Waals surface area contributed by atoms with Crippen molar-refractivity contribution >= 4 is 11.9 Å². The Labute approximate surface area is 119 Å². The van der Waals surface area contributed by atoms with E-state index in [2.05, 4.69) is 0 Å². The minimum atomic E-state index is -0.400. The van der Waals surface area contributed by atoms with Crippen LogP contribution in [0.5, 0.6) is 0 Å². The normalized spacial score (nSPS) is 25.2. The summed E-state index contributed by atoms with van der Waals surface area (Å²) in [6.45, 7) is 8.40. The summed E-state index contributed by atoms with van der Waals surface area (Å²) in [6.07, 6.45) is 0. The molecule has 0 saturated carbocycles. The van der Waals surface area contributed by atoms with Gasteiger partial charge in [0.05, 0.1) is 26.4 Å². The van der Waals surface area contributed by atoms with Crippen molar-refractivity contribution in [2.24, 2.45) is 10.8 Å². The summed E-state index contributed by atoms with van der Waals surface area (Å²) >= 11 is 0. The van der Waals surface area contributed by atoms with Crippen LogP contribution < -0.4 is 0 Å². The Bertz CT molecular complexity index is 314. The number of carbonyl (C=O) groups excluding carboxylic acids is 2. The van der Waals surface area contributed by atoms with Crippen molar-refractivity contribution < 1.29 is 28.5 Å². The van der Waals surface area contributed by atoms with Gasteiger partial charge in [-0.2, -0.15) is 0 Å². The molecule has 116 valence electrons. The van der Waals surface area contributed by atoms with Crippen LogP contribution in [0.2, 0.25) is 0 Å². The smallest absolute Gasteiger partial charge is 0.332 e. The van der Waals surface area contributed by atoms with Crippen LogP contribution in [-0.2, 0) is 28.5 Å². The van der Waals surface area contributed by atoms with E-state index in [0.717, 1.165) is 0 Å². The predicted molar refractivity (Wildman–Crippen MR) is 71.1 cm³/mol. The first-order chi connectivity index (χ1) is 9.20. The van der Waals surface area contributed by atoms with E-state index in [1.54, 1.807) is 0 Å². The van der Waals surface area contributed by atoms with E-state index in [9.17, 15) is 9.59 Å². The minimum Gasteiger partial charge on any atom is -0.463 e. The molecule has 0 radical (unpaired) electrons. The first-order valence-electron chi connectivity index (χ1n) is 6.67. The van der Waals surface area contributed by atoms with Crippen molar-refractivity contribution in [3.8, 4) is 0 Å². The summed E-state index contributed by atoms with van der Waals surface area (Å²) < 4.78 is 20.9. The van der Waals surface area contributed by atoms with Crippen LogP contribution >= 0.6 is 0 Å². The molecule has 0 N–H and O–H groups in total. The second kappa shape index (κ2) is 7.04. The van der Waals surface area contributed by atoms with Crippen LogP contribution in [0, 0.1) is 10.8 Å². The number of ether oxygens (including phenoxy) is 4. The Morgan fingerprint density at radius 3 is 1.40 bits per heavy atom. The summed E-state index contributed by atoms with van der Waals surface area (Å²) in [5, 5.41) is 0. The molecule has 1 rings (SSSR count). The number of hydrogen-bond acceptors (Lipinski definition) is 6. The largest absolute Gasteiger partial charge is 0.463 e. The van der Waals surface area contributed by atoms with Crippen LogP contribution in [0.1, 0.15) is 27.7 Å². The Morgan fingerprint density at radius 1 is 0.700 bits per heavy atom. The van der Waals surface area contributed by atoms with E-state index >= 15 is 0 Å². The van der Waals surface area contributed by atoms with Crippen molar-refractivity contribution in [1.29, 1.82) is 0 Å². The number of carbonyl (C=O) groups is 2. The van der Waals surface area contributed by atoms with Crippen molar-refractivity contribution in [2.75, 3.05) is 39.6 Å². The third-order valence-electron chi connectivity index (χ3n) is 2.67. The fourth-order valence-electron chi connectivity index (χ4n) is 1.54. The molecule has 6 heteroatoms. The third kappa shape index (κ3) is 6.86. The fourth-order valence-corrected chi connectivity index (χ4v) is 1.54. The quantitative estimate of drug-likeness (QED) is 0.623. The SMILES string of the molecule is CC1(C)COCC(=O)OCC(C)(C)COCC(=O)OC1. The summed E-state index contributed by atoms with van der Waals surface area (Å²) in [6, 6.07) is 0. The molecule has 6 nitrogen and oxygen atoms in total. The lowest BCUT2D eigenvalue weighted by molar-refractivity contribution is -0.162. The van der Waals surface area contributed by atoms with E-state index in [0.29, 0.717) is 13.2 Å². The summed E-state index contributed by atoms with van der Waals surface area (Å²) in [5.74, 6) is -0.800. The van der Waals surface area contributed by atoms with Gasteiger partial charge in [0.1, 0.15) is 13.2 Å². The molecule has 0 aliphatic carbocycles. The van der Waals surface area contributed by atoms with Crippen molar-refractivity contribution in [3.63, 3.8) is 0 Å². The minimum absolute atomic E-state index is 0.103. The highest BCUT2D eigenvalue weighted by Crippen LogP contribution is 2.18. The lowest BCUT2D eigenvalue weighted by Crippen LogP contribution is -2.33. The highest BCUT2D eigenvalue weighted by atomic mass is 16.6. The Morgan fingerprint density at radius 2 is 1.05 bits per heavy atom.